The molecule has 1 N–H and O–H groups in total. The Labute approximate surface area is 93.1 Å². The predicted molar refractivity (Wildman–Crippen MR) is 54.0 cm³/mol. The highest BCUT2D eigenvalue weighted by atomic mass is 35.5. The van der Waals surface area contributed by atoms with Gasteiger partial charge in [-0.1, -0.05) is 0 Å². The van der Waals surface area contributed by atoms with Crippen LogP contribution in [0.1, 0.15) is 6.92 Å². The third-order valence-electron chi connectivity index (χ3n) is 2.69. The molecule has 1 heterocycles. The molecule has 86 valence electrons. The molecule has 0 aromatic carbocycles. The molecule has 0 spiro atoms. The molecule has 0 bridgehead atoms. The Morgan fingerprint density at radius 3 is 2.87 bits per heavy atom. The van der Waals surface area contributed by atoms with Crippen LogP contribution in [0.15, 0.2) is 0 Å². The minimum atomic E-state index is -0.754. The Hall–Kier alpha value is -0.810. The quantitative estimate of drug-likeness (QED) is 0.726. The Kier molecular flexibility index (Phi) is 3.93. The summed E-state index contributed by atoms with van der Waals surface area (Å²) in [7, 11) is 1.27. The van der Waals surface area contributed by atoms with Crippen LogP contribution in [-0.2, 0) is 14.3 Å². The second-order valence-corrected chi connectivity index (χ2v) is 3.95. The Bertz CT molecular complexity index is 271. The summed E-state index contributed by atoms with van der Waals surface area (Å²) in [6.45, 7) is 2.30. The van der Waals surface area contributed by atoms with Crippen LogP contribution in [0.2, 0.25) is 0 Å². The van der Waals surface area contributed by atoms with E-state index in [9.17, 15) is 9.59 Å². The smallest absolute Gasteiger partial charge is 0.407 e. The van der Waals surface area contributed by atoms with Gasteiger partial charge in [0.05, 0.1) is 37.7 Å². The van der Waals surface area contributed by atoms with Crippen molar-refractivity contribution in [1.82, 2.24) is 5.32 Å². The van der Waals surface area contributed by atoms with Crippen LogP contribution in [0, 0.1) is 5.41 Å². The molecule has 0 radical (unpaired) electrons. The maximum atomic E-state index is 11.6. The van der Waals surface area contributed by atoms with Gasteiger partial charge in [-0.15, -0.1) is 11.6 Å². The highest BCUT2D eigenvalue weighted by Gasteiger charge is 2.46. The van der Waals surface area contributed by atoms with Gasteiger partial charge in [-0.25, -0.2) is 4.79 Å². The average Bonchev–Trinajstić information content (AvgIpc) is 2.60. The number of alkyl halides is 1. The van der Waals surface area contributed by atoms with Crippen LogP contribution in [0.3, 0.4) is 0 Å². The van der Waals surface area contributed by atoms with Crippen LogP contribution >= 0.6 is 11.6 Å². The summed E-state index contributed by atoms with van der Waals surface area (Å²) in [5.41, 5.74) is -0.754. The van der Waals surface area contributed by atoms with E-state index in [-0.39, 0.29) is 24.3 Å². The average molecular weight is 236 g/mol. The number of carbonyl (C=O) groups excluding carboxylic acids is 2. The van der Waals surface area contributed by atoms with Crippen molar-refractivity contribution in [3.63, 3.8) is 0 Å². The summed E-state index contributed by atoms with van der Waals surface area (Å²) in [4.78, 5) is 22.6. The summed E-state index contributed by atoms with van der Waals surface area (Å²) >= 11 is 5.51. The van der Waals surface area contributed by atoms with Crippen molar-refractivity contribution in [3.8, 4) is 0 Å². The molecule has 0 aliphatic carbocycles. The lowest BCUT2D eigenvalue weighted by Crippen LogP contribution is -2.50. The van der Waals surface area contributed by atoms with Gasteiger partial charge in [0.2, 0.25) is 0 Å². The van der Waals surface area contributed by atoms with Crippen LogP contribution in [0.4, 0.5) is 4.79 Å². The number of hydrogen-bond acceptors (Lipinski definition) is 4. The molecule has 0 aromatic rings. The highest BCUT2D eigenvalue weighted by Crippen LogP contribution is 2.30. The van der Waals surface area contributed by atoms with Gasteiger partial charge in [-0.05, 0) is 6.92 Å². The first-order chi connectivity index (χ1) is 7.04. The lowest BCUT2D eigenvalue weighted by molar-refractivity contribution is -0.126. The molecular weight excluding hydrogens is 222 g/mol. The highest BCUT2D eigenvalue weighted by molar-refractivity contribution is 6.28. The van der Waals surface area contributed by atoms with Gasteiger partial charge in [0.15, 0.2) is 5.78 Å². The minimum absolute atomic E-state index is 0.0841. The third-order valence-corrected chi connectivity index (χ3v) is 2.93. The summed E-state index contributed by atoms with van der Waals surface area (Å²) in [5, 5.41) is 2.57. The summed E-state index contributed by atoms with van der Waals surface area (Å²) < 4.78 is 9.66. The topological polar surface area (TPSA) is 64.6 Å². The molecule has 2 atom stereocenters. The molecule has 1 amide bonds. The van der Waals surface area contributed by atoms with Crippen molar-refractivity contribution in [3.05, 3.63) is 0 Å². The number of ketones is 1. The number of methoxy groups -OCH3 is 1. The van der Waals surface area contributed by atoms with Crippen molar-refractivity contribution >= 4 is 23.5 Å². The first-order valence-electron chi connectivity index (χ1n) is 4.56. The van der Waals surface area contributed by atoms with Gasteiger partial charge in [0, 0.05) is 0 Å². The van der Waals surface area contributed by atoms with Gasteiger partial charge in [0.25, 0.3) is 0 Å². The second kappa shape index (κ2) is 4.81. The van der Waals surface area contributed by atoms with E-state index in [1.54, 1.807) is 6.92 Å². The molecular formula is C9H14ClNO4. The molecule has 1 rings (SSSR count). The molecule has 5 nitrogen and oxygen atoms in total. The number of hydrogen-bond donors (Lipinski definition) is 1. The van der Waals surface area contributed by atoms with Gasteiger partial charge in [0.1, 0.15) is 0 Å². The molecule has 6 heteroatoms. The van der Waals surface area contributed by atoms with Crippen LogP contribution in [0.25, 0.3) is 0 Å². The van der Waals surface area contributed by atoms with Gasteiger partial charge < -0.3 is 14.8 Å². The van der Waals surface area contributed by atoms with Gasteiger partial charge in [-0.2, -0.15) is 0 Å². The monoisotopic (exact) mass is 235 g/mol. The van der Waals surface area contributed by atoms with E-state index in [0.29, 0.717) is 6.61 Å². The number of alkyl carbamates (subject to hydrolysis) is 1. The van der Waals surface area contributed by atoms with E-state index < -0.39 is 11.5 Å². The van der Waals surface area contributed by atoms with E-state index in [4.69, 9.17) is 16.3 Å². The number of carbonyl (C=O) groups is 2. The lowest BCUT2D eigenvalue weighted by atomic mass is 9.81. The standard InChI is InChI=1S/C9H14ClNO4/c1-9(7(12)3-10)5-15-4-6(9)11-8(13)14-2/h6H,3-5H2,1-2H3,(H,11,13). The van der Waals surface area contributed by atoms with Crippen molar-refractivity contribution < 1.29 is 19.1 Å². The predicted octanol–water partition coefficient (Wildman–Crippen LogP) is 0.555. The molecule has 15 heavy (non-hydrogen) atoms. The fourth-order valence-electron chi connectivity index (χ4n) is 1.50. The zero-order chi connectivity index (χ0) is 11.5. The zero-order valence-electron chi connectivity index (χ0n) is 8.71. The molecule has 1 fully saturated rings. The SMILES string of the molecule is COC(=O)NC1COCC1(C)C(=O)CCl. The number of Topliss-reactive ketones (excluding diaryl/α,β-unsaturated/α-hetero) is 1. The van der Waals surface area contributed by atoms with Gasteiger partial charge in [-0.3, -0.25) is 4.79 Å². The normalized spacial score (nSPS) is 29.9. The molecule has 1 aliphatic heterocycles. The Morgan fingerprint density at radius 2 is 2.33 bits per heavy atom. The summed E-state index contributed by atoms with van der Waals surface area (Å²) in [5.74, 6) is -0.220. The fraction of sp³-hybridized carbons (Fsp3) is 0.778. The first kappa shape index (κ1) is 12.3. The lowest BCUT2D eigenvalue weighted by Gasteiger charge is -2.27. The Morgan fingerprint density at radius 1 is 1.67 bits per heavy atom. The number of rotatable bonds is 3. The van der Waals surface area contributed by atoms with Crippen molar-refractivity contribution in [2.75, 3.05) is 26.2 Å². The van der Waals surface area contributed by atoms with E-state index in [1.807, 2.05) is 0 Å². The molecule has 0 saturated carbocycles. The molecule has 1 saturated heterocycles. The Balaban J connectivity index is 2.71. The second-order valence-electron chi connectivity index (χ2n) is 3.68. The van der Waals surface area contributed by atoms with E-state index in [2.05, 4.69) is 10.1 Å². The van der Waals surface area contributed by atoms with Crippen LogP contribution in [0.5, 0.6) is 0 Å². The van der Waals surface area contributed by atoms with E-state index in [0.717, 1.165) is 0 Å². The van der Waals surface area contributed by atoms with E-state index >= 15 is 0 Å². The van der Waals surface area contributed by atoms with E-state index in [1.165, 1.54) is 7.11 Å². The number of ether oxygens (including phenoxy) is 2. The number of nitrogens with one attached hydrogen (secondary N) is 1. The molecule has 2 unspecified atom stereocenters. The maximum Gasteiger partial charge on any atom is 0.407 e. The largest absolute Gasteiger partial charge is 0.453 e. The maximum absolute atomic E-state index is 11.6. The van der Waals surface area contributed by atoms with Crippen LogP contribution in [-0.4, -0.2) is 44.1 Å². The summed E-state index contributed by atoms with van der Waals surface area (Å²) in [6, 6.07) is -0.379. The summed E-state index contributed by atoms with van der Waals surface area (Å²) in [6.07, 6.45) is -0.570. The van der Waals surface area contributed by atoms with Crippen molar-refractivity contribution in [2.24, 2.45) is 5.41 Å². The van der Waals surface area contributed by atoms with Crippen LogP contribution < -0.4 is 5.32 Å². The minimum Gasteiger partial charge on any atom is -0.453 e. The number of amides is 1. The third kappa shape index (κ3) is 2.41. The van der Waals surface area contributed by atoms with Gasteiger partial charge >= 0.3 is 6.09 Å². The number of halogens is 1. The van der Waals surface area contributed by atoms with Crippen molar-refractivity contribution in [2.45, 2.75) is 13.0 Å². The van der Waals surface area contributed by atoms with Crippen molar-refractivity contribution in [1.29, 1.82) is 0 Å². The first-order valence-corrected chi connectivity index (χ1v) is 5.09. The molecule has 1 aliphatic rings. The zero-order valence-corrected chi connectivity index (χ0v) is 9.47. The fourth-order valence-corrected chi connectivity index (χ4v) is 1.81. The molecule has 0 aromatic heterocycles.